The summed E-state index contributed by atoms with van der Waals surface area (Å²) in [6, 6.07) is 9.10. The molecule has 5 heteroatoms. The van der Waals surface area contributed by atoms with Gasteiger partial charge >= 0.3 is 0 Å². The van der Waals surface area contributed by atoms with Gasteiger partial charge in [0.25, 0.3) is 0 Å². The van der Waals surface area contributed by atoms with Crippen LogP contribution in [0.15, 0.2) is 24.3 Å². The molecule has 0 heterocycles. The SMILES string of the molecule is CNC1(c2cccc(C#N)c2)CCCC(C)(O)C1=O.Cl. The van der Waals surface area contributed by atoms with Crippen molar-refractivity contribution in [3.05, 3.63) is 35.4 Å². The first-order valence-electron chi connectivity index (χ1n) is 6.43. The fourth-order valence-corrected chi connectivity index (χ4v) is 2.90. The van der Waals surface area contributed by atoms with Crippen molar-refractivity contribution in [1.29, 1.82) is 5.26 Å². The minimum Gasteiger partial charge on any atom is -0.382 e. The number of carbonyl (C=O) groups is 1. The topological polar surface area (TPSA) is 73.1 Å². The quantitative estimate of drug-likeness (QED) is 0.874. The second-order valence-electron chi connectivity index (χ2n) is 5.30. The smallest absolute Gasteiger partial charge is 0.188 e. The molecule has 2 atom stereocenters. The van der Waals surface area contributed by atoms with Gasteiger partial charge in [0.05, 0.1) is 11.6 Å². The number of rotatable bonds is 2. The van der Waals surface area contributed by atoms with Gasteiger partial charge in [-0.05, 0) is 50.9 Å². The zero-order valence-corrected chi connectivity index (χ0v) is 12.5. The highest BCUT2D eigenvalue weighted by molar-refractivity contribution is 5.96. The number of hydrogen-bond acceptors (Lipinski definition) is 4. The summed E-state index contributed by atoms with van der Waals surface area (Å²) >= 11 is 0. The molecule has 0 bridgehead atoms. The molecule has 2 rings (SSSR count). The number of Topliss-reactive ketones (excluding diaryl/α,β-unsaturated/α-hetero) is 1. The number of halogens is 1. The lowest BCUT2D eigenvalue weighted by Crippen LogP contribution is -2.59. The summed E-state index contributed by atoms with van der Waals surface area (Å²) in [5.41, 5.74) is -0.942. The van der Waals surface area contributed by atoms with E-state index in [0.29, 0.717) is 18.4 Å². The molecule has 4 nitrogen and oxygen atoms in total. The number of nitrogens with one attached hydrogen (secondary N) is 1. The fraction of sp³-hybridized carbons (Fsp3) is 0.467. The van der Waals surface area contributed by atoms with Crippen molar-refractivity contribution >= 4 is 18.2 Å². The third kappa shape index (κ3) is 2.57. The third-order valence-corrected chi connectivity index (χ3v) is 4.00. The maximum atomic E-state index is 12.6. The molecule has 108 valence electrons. The molecular weight excluding hydrogens is 276 g/mol. The first-order valence-corrected chi connectivity index (χ1v) is 6.43. The Morgan fingerprint density at radius 2 is 2.10 bits per heavy atom. The zero-order valence-electron chi connectivity index (χ0n) is 11.6. The van der Waals surface area contributed by atoms with Gasteiger partial charge in [-0.25, -0.2) is 0 Å². The highest BCUT2D eigenvalue weighted by Crippen LogP contribution is 2.38. The summed E-state index contributed by atoms with van der Waals surface area (Å²) in [6.07, 6.45) is 1.87. The van der Waals surface area contributed by atoms with Crippen molar-refractivity contribution in [3.63, 3.8) is 0 Å². The molecule has 0 aromatic heterocycles. The molecule has 0 saturated heterocycles. The maximum Gasteiger partial charge on any atom is 0.188 e. The average Bonchev–Trinajstić information content (AvgIpc) is 2.42. The van der Waals surface area contributed by atoms with E-state index in [1.54, 1.807) is 32.2 Å². The zero-order chi connectivity index (χ0) is 14.1. The van der Waals surface area contributed by atoms with Gasteiger partial charge in [-0.2, -0.15) is 5.26 Å². The van der Waals surface area contributed by atoms with Crippen LogP contribution in [0.1, 0.15) is 37.3 Å². The van der Waals surface area contributed by atoms with Crippen LogP contribution in [0.5, 0.6) is 0 Å². The van der Waals surface area contributed by atoms with Crippen LogP contribution in [-0.2, 0) is 10.3 Å². The number of ketones is 1. The van der Waals surface area contributed by atoms with E-state index in [0.717, 1.165) is 12.0 Å². The minimum atomic E-state index is -1.32. The molecular formula is C15H19ClN2O2. The lowest BCUT2D eigenvalue weighted by molar-refractivity contribution is -0.148. The van der Waals surface area contributed by atoms with Gasteiger partial charge in [-0.3, -0.25) is 4.79 Å². The van der Waals surface area contributed by atoms with Gasteiger partial charge in [-0.1, -0.05) is 12.1 Å². The van der Waals surface area contributed by atoms with Crippen molar-refractivity contribution in [2.75, 3.05) is 7.05 Å². The van der Waals surface area contributed by atoms with Crippen molar-refractivity contribution in [3.8, 4) is 6.07 Å². The molecule has 1 saturated carbocycles. The Morgan fingerprint density at radius 3 is 2.70 bits per heavy atom. The van der Waals surface area contributed by atoms with E-state index in [1.807, 2.05) is 6.07 Å². The number of nitriles is 1. The van der Waals surface area contributed by atoms with Gasteiger partial charge < -0.3 is 10.4 Å². The summed E-state index contributed by atoms with van der Waals surface area (Å²) < 4.78 is 0. The van der Waals surface area contributed by atoms with Crippen LogP contribution in [0.2, 0.25) is 0 Å². The lowest BCUT2D eigenvalue weighted by Gasteiger charge is -2.42. The molecule has 20 heavy (non-hydrogen) atoms. The fourth-order valence-electron chi connectivity index (χ4n) is 2.90. The largest absolute Gasteiger partial charge is 0.382 e. The Balaban J connectivity index is 0.00000200. The Morgan fingerprint density at radius 1 is 1.40 bits per heavy atom. The first-order chi connectivity index (χ1) is 8.96. The summed E-state index contributed by atoms with van der Waals surface area (Å²) in [5, 5.41) is 22.3. The molecule has 1 aliphatic rings. The Labute approximate surface area is 125 Å². The van der Waals surface area contributed by atoms with Crippen molar-refractivity contribution in [2.24, 2.45) is 0 Å². The molecule has 1 aromatic rings. The van der Waals surface area contributed by atoms with Crippen LogP contribution < -0.4 is 5.32 Å². The molecule has 2 N–H and O–H groups in total. The summed E-state index contributed by atoms with van der Waals surface area (Å²) in [7, 11) is 1.72. The number of hydrogen-bond donors (Lipinski definition) is 2. The van der Waals surface area contributed by atoms with Gasteiger partial charge in [0, 0.05) is 0 Å². The van der Waals surface area contributed by atoms with Crippen LogP contribution in [0, 0.1) is 11.3 Å². The number of nitrogens with zero attached hydrogens (tertiary/aromatic N) is 1. The molecule has 0 aliphatic heterocycles. The normalized spacial score (nSPS) is 29.4. The van der Waals surface area contributed by atoms with E-state index in [1.165, 1.54) is 0 Å². The maximum absolute atomic E-state index is 12.6. The number of carbonyl (C=O) groups excluding carboxylic acids is 1. The van der Waals surface area contributed by atoms with E-state index >= 15 is 0 Å². The Hall–Kier alpha value is -1.41. The Kier molecular flexibility index (Phi) is 4.93. The van der Waals surface area contributed by atoms with E-state index in [-0.39, 0.29) is 18.2 Å². The molecule has 0 radical (unpaired) electrons. The molecule has 1 aromatic carbocycles. The standard InChI is InChI=1S/C15H18N2O2.ClH/c1-14(19)7-4-8-15(17-2,13(14)18)12-6-3-5-11(9-12)10-16;/h3,5-6,9,17,19H,4,7-8H2,1-2H3;1H. The van der Waals surface area contributed by atoms with E-state index in [9.17, 15) is 9.90 Å². The average molecular weight is 295 g/mol. The summed E-state index contributed by atoms with van der Waals surface area (Å²) in [6.45, 7) is 1.56. The van der Waals surface area contributed by atoms with Crippen molar-refractivity contribution in [2.45, 2.75) is 37.3 Å². The summed E-state index contributed by atoms with van der Waals surface area (Å²) in [4.78, 5) is 12.6. The number of likely N-dealkylation sites (N-methyl/N-ethyl adjacent to an activating group) is 1. The van der Waals surface area contributed by atoms with Crippen LogP contribution in [0.3, 0.4) is 0 Å². The van der Waals surface area contributed by atoms with Crippen LogP contribution in [-0.4, -0.2) is 23.5 Å². The second-order valence-corrected chi connectivity index (χ2v) is 5.30. The van der Waals surface area contributed by atoms with Gasteiger partial charge in [-0.15, -0.1) is 12.4 Å². The monoisotopic (exact) mass is 294 g/mol. The predicted molar refractivity (Wildman–Crippen MR) is 78.6 cm³/mol. The highest BCUT2D eigenvalue weighted by Gasteiger charge is 2.50. The van der Waals surface area contributed by atoms with Crippen molar-refractivity contribution in [1.82, 2.24) is 5.32 Å². The summed E-state index contributed by atoms with van der Waals surface area (Å²) in [5.74, 6) is -0.219. The molecule has 0 spiro atoms. The Bertz CT molecular complexity index is 551. The van der Waals surface area contributed by atoms with Crippen LogP contribution >= 0.6 is 12.4 Å². The van der Waals surface area contributed by atoms with Gasteiger partial charge in [0.1, 0.15) is 11.1 Å². The number of aliphatic hydroxyl groups is 1. The molecule has 0 amide bonds. The van der Waals surface area contributed by atoms with Crippen LogP contribution in [0.25, 0.3) is 0 Å². The molecule has 2 unspecified atom stereocenters. The molecule has 1 aliphatic carbocycles. The second kappa shape index (κ2) is 5.92. The van der Waals surface area contributed by atoms with Crippen LogP contribution in [0.4, 0.5) is 0 Å². The van der Waals surface area contributed by atoms with E-state index in [2.05, 4.69) is 11.4 Å². The van der Waals surface area contributed by atoms with Crippen molar-refractivity contribution < 1.29 is 9.90 Å². The third-order valence-electron chi connectivity index (χ3n) is 4.00. The first kappa shape index (κ1) is 16.6. The van der Waals surface area contributed by atoms with E-state index in [4.69, 9.17) is 5.26 Å². The number of benzene rings is 1. The van der Waals surface area contributed by atoms with Gasteiger partial charge in [0.15, 0.2) is 5.78 Å². The highest BCUT2D eigenvalue weighted by atomic mass is 35.5. The van der Waals surface area contributed by atoms with Gasteiger partial charge in [0.2, 0.25) is 0 Å². The predicted octanol–water partition coefficient (Wildman–Crippen LogP) is 1.90. The lowest BCUT2D eigenvalue weighted by atomic mass is 9.69. The minimum absolute atomic E-state index is 0. The molecule has 1 fully saturated rings. The van der Waals surface area contributed by atoms with E-state index < -0.39 is 11.1 Å².